The van der Waals surface area contributed by atoms with Gasteiger partial charge in [0.2, 0.25) is 0 Å². The summed E-state index contributed by atoms with van der Waals surface area (Å²) in [6.45, 7) is -0.530. The summed E-state index contributed by atoms with van der Waals surface area (Å²) < 4.78 is 4.89. The van der Waals surface area contributed by atoms with Crippen LogP contribution in [-0.2, 0) is 9.53 Å². The third-order valence-corrected chi connectivity index (χ3v) is 3.82. The molecule has 2 rings (SSSR count). The molecule has 2 aromatic rings. The number of nitriles is 1. The summed E-state index contributed by atoms with van der Waals surface area (Å²) in [7, 11) is 0. The molecule has 0 aliphatic carbocycles. The van der Waals surface area contributed by atoms with Crippen LogP contribution in [0.25, 0.3) is 0 Å². The van der Waals surface area contributed by atoms with Crippen molar-refractivity contribution in [3.05, 3.63) is 62.6 Å². The first-order chi connectivity index (χ1) is 11.4. The number of halogens is 3. The maximum atomic E-state index is 12.0. The zero-order chi connectivity index (χ0) is 17.7. The molecule has 0 aliphatic rings. The van der Waals surface area contributed by atoms with E-state index < -0.39 is 18.5 Å². The summed E-state index contributed by atoms with van der Waals surface area (Å²) in [6.07, 6.45) is 0. The standard InChI is InChI=1S/C16H9Cl3N2O3/c17-11-2-1-3-12(18)15(11)16(23)24-8-14(22)21-10-5-4-9(7-20)13(19)6-10/h1-6H,8H2,(H,21,22). The van der Waals surface area contributed by atoms with E-state index in [1.54, 1.807) is 6.07 Å². The third kappa shape index (κ3) is 4.39. The van der Waals surface area contributed by atoms with Crippen molar-refractivity contribution in [1.82, 2.24) is 0 Å². The number of ether oxygens (including phenoxy) is 1. The molecule has 2 aromatic carbocycles. The number of nitrogens with zero attached hydrogens (tertiary/aromatic N) is 1. The van der Waals surface area contributed by atoms with E-state index >= 15 is 0 Å². The topological polar surface area (TPSA) is 79.2 Å². The molecule has 0 spiro atoms. The molecule has 0 aromatic heterocycles. The lowest BCUT2D eigenvalue weighted by atomic mass is 10.2. The normalized spacial score (nSPS) is 9.92. The number of benzene rings is 2. The smallest absolute Gasteiger partial charge is 0.341 e. The van der Waals surface area contributed by atoms with E-state index in [1.165, 1.54) is 30.3 Å². The molecule has 122 valence electrons. The quantitative estimate of drug-likeness (QED) is 0.798. The predicted molar refractivity (Wildman–Crippen MR) is 91.5 cm³/mol. The van der Waals surface area contributed by atoms with E-state index in [4.69, 9.17) is 44.8 Å². The van der Waals surface area contributed by atoms with Gasteiger partial charge in [0.15, 0.2) is 6.61 Å². The monoisotopic (exact) mass is 382 g/mol. The molecule has 1 N–H and O–H groups in total. The van der Waals surface area contributed by atoms with Crippen LogP contribution in [0, 0.1) is 11.3 Å². The first-order valence-corrected chi connectivity index (χ1v) is 7.66. The van der Waals surface area contributed by atoms with Gasteiger partial charge in [-0.05, 0) is 30.3 Å². The molecule has 0 aliphatic heterocycles. The Bertz CT molecular complexity index is 827. The fourth-order valence-corrected chi connectivity index (χ4v) is 2.55. The molecular formula is C16H9Cl3N2O3. The van der Waals surface area contributed by atoms with Crippen LogP contribution in [0.1, 0.15) is 15.9 Å². The van der Waals surface area contributed by atoms with E-state index in [9.17, 15) is 9.59 Å². The maximum absolute atomic E-state index is 12.0. The van der Waals surface area contributed by atoms with Gasteiger partial charge in [-0.2, -0.15) is 5.26 Å². The van der Waals surface area contributed by atoms with Crippen LogP contribution in [0.3, 0.4) is 0 Å². The van der Waals surface area contributed by atoms with Crippen molar-refractivity contribution in [3.8, 4) is 6.07 Å². The lowest BCUT2D eigenvalue weighted by Gasteiger charge is -2.09. The Morgan fingerprint density at radius 3 is 2.33 bits per heavy atom. The molecule has 0 atom stereocenters. The Balaban J connectivity index is 1.97. The van der Waals surface area contributed by atoms with Crippen molar-refractivity contribution in [2.45, 2.75) is 0 Å². The van der Waals surface area contributed by atoms with Gasteiger partial charge in [0.1, 0.15) is 6.07 Å². The second kappa shape index (κ2) is 8.02. The van der Waals surface area contributed by atoms with Crippen LogP contribution in [0.5, 0.6) is 0 Å². The maximum Gasteiger partial charge on any atom is 0.341 e. The lowest BCUT2D eigenvalue weighted by molar-refractivity contribution is -0.119. The average Bonchev–Trinajstić information content (AvgIpc) is 2.53. The van der Waals surface area contributed by atoms with E-state index in [2.05, 4.69) is 5.32 Å². The Morgan fingerprint density at radius 1 is 1.08 bits per heavy atom. The fraction of sp³-hybridized carbons (Fsp3) is 0.0625. The highest BCUT2D eigenvalue weighted by Gasteiger charge is 2.17. The largest absolute Gasteiger partial charge is 0.452 e. The van der Waals surface area contributed by atoms with Crippen molar-refractivity contribution in [3.63, 3.8) is 0 Å². The Kier molecular flexibility index (Phi) is 6.04. The van der Waals surface area contributed by atoms with Gasteiger partial charge in [0, 0.05) is 5.69 Å². The van der Waals surface area contributed by atoms with Gasteiger partial charge in [0.25, 0.3) is 5.91 Å². The van der Waals surface area contributed by atoms with Gasteiger partial charge in [-0.15, -0.1) is 0 Å². The first kappa shape index (κ1) is 18.1. The first-order valence-electron chi connectivity index (χ1n) is 6.53. The number of amides is 1. The van der Waals surface area contributed by atoms with E-state index in [0.717, 1.165) is 0 Å². The number of nitrogens with one attached hydrogen (secondary N) is 1. The molecule has 8 heteroatoms. The zero-order valence-corrected chi connectivity index (χ0v) is 14.2. The van der Waals surface area contributed by atoms with Crippen molar-refractivity contribution in [2.75, 3.05) is 11.9 Å². The summed E-state index contributed by atoms with van der Waals surface area (Å²) in [6, 6.07) is 10.9. The number of esters is 1. The second-order valence-electron chi connectivity index (χ2n) is 4.53. The number of rotatable bonds is 4. The average molecular weight is 384 g/mol. The number of hydrogen-bond donors (Lipinski definition) is 1. The number of carbonyl (C=O) groups excluding carboxylic acids is 2. The lowest BCUT2D eigenvalue weighted by Crippen LogP contribution is -2.21. The summed E-state index contributed by atoms with van der Waals surface area (Å²) in [5.74, 6) is -1.38. The molecule has 24 heavy (non-hydrogen) atoms. The SMILES string of the molecule is N#Cc1ccc(NC(=O)COC(=O)c2c(Cl)cccc2Cl)cc1Cl. The van der Waals surface area contributed by atoms with Crippen molar-refractivity contribution < 1.29 is 14.3 Å². The van der Waals surface area contributed by atoms with Gasteiger partial charge in [-0.1, -0.05) is 40.9 Å². The minimum absolute atomic E-state index is 0.00458. The van der Waals surface area contributed by atoms with Crippen LogP contribution in [-0.4, -0.2) is 18.5 Å². The van der Waals surface area contributed by atoms with Crippen LogP contribution in [0.4, 0.5) is 5.69 Å². The van der Waals surface area contributed by atoms with Crippen molar-refractivity contribution >= 4 is 52.4 Å². The van der Waals surface area contributed by atoms with Gasteiger partial charge >= 0.3 is 5.97 Å². The molecule has 0 heterocycles. The van der Waals surface area contributed by atoms with Gasteiger partial charge in [-0.3, -0.25) is 4.79 Å². The summed E-state index contributed by atoms with van der Waals surface area (Å²) >= 11 is 17.6. The number of carbonyl (C=O) groups is 2. The molecular weight excluding hydrogens is 375 g/mol. The summed E-state index contributed by atoms with van der Waals surface area (Å²) in [5, 5.41) is 11.7. The molecule has 0 bridgehead atoms. The summed E-state index contributed by atoms with van der Waals surface area (Å²) in [4.78, 5) is 23.8. The van der Waals surface area contributed by atoms with Gasteiger partial charge in [0.05, 0.1) is 26.2 Å². The highest BCUT2D eigenvalue weighted by molar-refractivity contribution is 6.39. The molecule has 0 unspecified atom stereocenters. The molecule has 5 nitrogen and oxygen atoms in total. The molecule has 1 amide bonds. The van der Waals surface area contributed by atoms with E-state index in [1.807, 2.05) is 6.07 Å². The third-order valence-electron chi connectivity index (χ3n) is 2.87. The van der Waals surface area contributed by atoms with Gasteiger partial charge in [-0.25, -0.2) is 4.79 Å². The van der Waals surface area contributed by atoms with Crippen LogP contribution >= 0.6 is 34.8 Å². The Morgan fingerprint density at radius 2 is 1.75 bits per heavy atom. The molecule has 0 radical (unpaired) electrons. The Hall–Kier alpha value is -2.26. The minimum atomic E-state index is -0.807. The van der Waals surface area contributed by atoms with Gasteiger partial charge < -0.3 is 10.1 Å². The highest BCUT2D eigenvalue weighted by Crippen LogP contribution is 2.25. The molecule has 0 fully saturated rings. The number of hydrogen-bond acceptors (Lipinski definition) is 4. The Labute approximate surface area is 152 Å². The van der Waals surface area contributed by atoms with Crippen LogP contribution < -0.4 is 5.32 Å². The van der Waals surface area contributed by atoms with Crippen LogP contribution in [0.2, 0.25) is 15.1 Å². The fourth-order valence-electron chi connectivity index (χ4n) is 1.78. The molecule has 0 saturated heterocycles. The predicted octanol–water partition coefficient (Wildman–Crippen LogP) is 4.31. The summed E-state index contributed by atoms with van der Waals surface area (Å²) in [5.41, 5.74) is 0.653. The minimum Gasteiger partial charge on any atom is -0.452 e. The van der Waals surface area contributed by atoms with Crippen molar-refractivity contribution in [1.29, 1.82) is 5.26 Å². The highest BCUT2D eigenvalue weighted by atomic mass is 35.5. The van der Waals surface area contributed by atoms with Crippen LogP contribution in [0.15, 0.2) is 36.4 Å². The van der Waals surface area contributed by atoms with E-state index in [0.29, 0.717) is 5.69 Å². The zero-order valence-electron chi connectivity index (χ0n) is 12.0. The molecule has 0 saturated carbocycles. The van der Waals surface area contributed by atoms with E-state index in [-0.39, 0.29) is 26.2 Å². The number of anilines is 1. The van der Waals surface area contributed by atoms with Crippen molar-refractivity contribution in [2.24, 2.45) is 0 Å². The second-order valence-corrected chi connectivity index (χ2v) is 5.75.